The topological polar surface area (TPSA) is 134 Å². The molecule has 0 aliphatic heterocycles. The normalized spacial score (nSPS) is 13.0. The Morgan fingerprint density at radius 1 is 1.12 bits per heavy atom. The highest BCUT2D eigenvalue weighted by atomic mass is 32.2. The number of nitrogens with one attached hydrogen (secondary N) is 2. The summed E-state index contributed by atoms with van der Waals surface area (Å²) in [6, 6.07) is 10.4. The van der Waals surface area contributed by atoms with Gasteiger partial charge < -0.3 is 4.52 Å². The van der Waals surface area contributed by atoms with Crippen molar-refractivity contribution < 1.29 is 22.9 Å². The number of amides is 1. The van der Waals surface area contributed by atoms with Crippen LogP contribution in [0.1, 0.15) is 19.5 Å². The quantitative estimate of drug-likeness (QED) is 0.287. The molecule has 0 saturated heterocycles. The van der Waals surface area contributed by atoms with Gasteiger partial charge in [0.05, 0.1) is 10.6 Å². The number of thioether (sulfide) groups is 1. The first-order chi connectivity index (χ1) is 15.2. The minimum atomic E-state index is -4.05. The van der Waals surface area contributed by atoms with Crippen LogP contribution < -0.4 is 10.2 Å². The van der Waals surface area contributed by atoms with Crippen LogP contribution in [0.2, 0.25) is 0 Å². The van der Waals surface area contributed by atoms with Crippen LogP contribution in [0.15, 0.2) is 80.3 Å². The number of pyridine rings is 1. The number of nitrogens with zero attached hydrogens (tertiary/aromatic N) is 2. The molecule has 170 valence electrons. The van der Waals surface area contributed by atoms with Gasteiger partial charge in [-0.05, 0) is 50.2 Å². The first kappa shape index (κ1) is 24.3. The smallest absolute Gasteiger partial charge is 0.262 e. The molecule has 0 radical (unpaired) electrons. The Hall–Kier alpha value is -2.38. The van der Waals surface area contributed by atoms with Crippen LogP contribution in [0.3, 0.4) is 0 Å². The summed E-state index contributed by atoms with van der Waals surface area (Å²) in [6.07, 6.45) is 4.79. The van der Waals surface area contributed by atoms with Crippen molar-refractivity contribution in [1.29, 1.82) is 0 Å². The van der Waals surface area contributed by atoms with Crippen LogP contribution in [0.5, 0.6) is 0 Å². The van der Waals surface area contributed by atoms with Gasteiger partial charge in [0.25, 0.3) is 5.91 Å². The molecule has 12 heteroatoms. The zero-order valence-corrected chi connectivity index (χ0v) is 19.7. The molecule has 1 amide bonds. The van der Waals surface area contributed by atoms with Gasteiger partial charge in [-0.15, -0.1) is 11.8 Å². The van der Waals surface area contributed by atoms with Gasteiger partial charge in [0.1, 0.15) is 12.3 Å². The molecule has 1 atom stereocenters. The zero-order chi connectivity index (χ0) is 23.2. The molecule has 3 rings (SSSR count). The van der Waals surface area contributed by atoms with Gasteiger partial charge in [-0.2, -0.15) is 4.72 Å². The minimum absolute atomic E-state index is 0.00428. The maximum atomic E-state index is 13.0. The molecule has 0 saturated carbocycles. The molecule has 0 aliphatic rings. The fourth-order valence-corrected chi connectivity index (χ4v) is 5.90. The van der Waals surface area contributed by atoms with Gasteiger partial charge in [-0.3, -0.25) is 15.0 Å². The number of aromatic nitrogens is 2. The Bertz CT molecular complexity index is 1120. The maximum Gasteiger partial charge on any atom is 0.262 e. The molecular weight excluding hydrogens is 472 g/mol. The van der Waals surface area contributed by atoms with Crippen molar-refractivity contribution in [2.24, 2.45) is 0 Å². The molecule has 9 nitrogen and oxygen atoms in total. The number of hydrogen-bond donors (Lipinski definition) is 3. The Morgan fingerprint density at radius 3 is 2.38 bits per heavy atom. The van der Waals surface area contributed by atoms with Crippen LogP contribution in [-0.2, 0) is 20.6 Å². The number of carbonyl (C=O) groups excluding carboxylic acids is 1. The maximum absolute atomic E-state index is 13.0. The number of rotatable bonds is 10. The molecule has 1 aromatic carbocycles. The lowest BCUT2D eigenvalue weighted by molar-refractivity contribution is -0.131. The molecule has 0 fully saturated rings. The molecule has 0 bridgehead atoms. The highest BCUT2D eigenvalue weighted by molar-refractivity contribution is 8.00. The van der Waals surface area contributed by atoms with Crippen molar-refractivity contribution in [3.63, 3.8) is 0 Å². The van der Waals surface area contributed by atoms with Crippen LogP contribution in [0.4, 0.5) is 0 Å². The van der Waals surface area contributed by atoms with E-state index in [1.54, 1.807) is 49.9 Å². The van der Waals surface area contributed by atoms with E-state index in [0.717, 1.165) is 9.79 Å². The Balaban J connectivity index is 1.75. The van der Waals surface area contributed by atoms with Crippen molar-refractivity contribution in [3.05, 3.63) is 66.8 Å². The molecule has 2 heterocycles. The van der Waals surface area contributed by atoms with E-state index in [9.17, 15) is 18.4 Å². The molecule has 0 spiro atoms. The zero-order valence-electron chi connectivity index (χ0n) is 17.3. The van der Waals surface area contributed by atoms with Crippen LogP contribution in [-0.4, -0.2) is 40.5 Å². The number of carbonyl (C=O) groups is 1. The van der Waals surface area contributed by atoms with Gasteiger partial charge >= 0.3 is 0 Å². The predicted octanol–water partition coefficient (Wildman–Crippen LogP) is 3.09. The minimum Gasteiger partial charge on any atom is -0.364 e. The van der Waals surface area contributed by atoms with Crippen LogP contribution >= 0.6 is 23.5 Å². The second kappa shape index (κ2) is 10.5. The largest absolute Gasteiger partial charge is 0.364 e. The average Bonchev–Trinajstić information content (AvgIpc) is 3.31. The van der Waals surface area contributed by atoms with Crippen molar-refractivity contribution in [2.45, 2.75) is 45.1 Å². The lowest BCUT2D eigenvalue weighted by Gasteiger charge is -2.32. The van der Waals surface area contributed by atoms with Crippen molar-refractivity contribution in [3.8, 4) is 0 Å². The van der Waals surface area contributed by atoms with E-state index in [4.69, 9.17) is 4.52 Å². The molecular formula is C20H22N4O5S3. The summed E-state index contributed by atoms with van der Waals surface area (Å²) in [5, 5.41) is 13.0. The van der Waals surface area contributed by atoms with E-state index in [-0.39, 0.29) is 4.90 Å². The van der Waals surface area contributed by atoms with Crippen LogP contribution in [0.25, 0.3) is 0 Å². The highest BCUT2D eigenvalue weighted by Crippen LogP contribution is 2.32. The molecule has 0 aliphatic carbocycles. The summed E-state index contributed by atoms with van der Waals surface area (Å²) in [5.74, 6) is -0.474. The van der Waals surface area contributed by atoms with Crippen molar-refractivity contribution >= 4 is 39.5 Å². The first-order valence-electron chi connectivity index (χ1n) is 9.39. The molecule has 2 aromatic heterocycles. The third-order valence-corrected chi connectivity index (χ3v) is 8.32. The Morgan fingerprint density at radius 2 is 1.78 bits per heavy atom. The van der Waals surface area contributed by atoms with E-state index in [1.165, 1.54) is 41.9 Å². The number of benzene rings is 1. The van der Waals surface area contributed by atoms with Crippen molar-refractivity contribution in [2.75, 3.05) is 0 Å². The number of sulfonamides is 1. The molecule has 3 aromatic rings. The second-order valence-electron chi connectivity index (χ2n) is 7.17. The summed E-state index contributed by atoms with van der Waals surface area (Å²) in [6.45, 7) is 3.41. The van der Waals surface area contributed by atoms with E-state index in [2.05, 4.69) is 14.9 Å². The molecule has 1 unspecified atom stereocenters. The van der Waals surface area contributed by atoms with Gasteiger partial charge in [0.2, 0.25) is 10.0 Å². The van der Waals surface area contributed by atoms with Gasteiger partial charge in [-0.1, -0.05) is 16.9 Å². The molecule has 3 N–H and O–H groups in total. The SMILES string of the molecule is CC(C)(SCc1ccon1)C(NS(=O)(=O)c1ccc(Sc2ccncc2)cc1)C(=O)NO. The first-order valence-corrected chi connectivity index (χ1v) is 12.7. The lowest BCUT2D eigenvalue weighted by Crippen LogP contribution is -2.55. The summed E-state index contributed by atoms with van der Waals surface area (Å²) in [5.41, 5.74) is 2.20. The van der Waals surface area contributed by atoms with Gasteiger partial charge in [0.15, 0.2) is 0 Å². The highest BCUT2D eigenvalue weighted by Gasteiger charge is 2.39. The fraction of sp³-hybridized carbons (Fsp3) is 0.250. The Kier molecular flexibility index (Phi) is 7.96. The monoisotopic (exact) mass is 494 g/mol. The third-order valence-electron chi connectivity index (χ3n) is 4.44. The van der Waals surface area contributed by atoms with Crippen molar-refractivity contribution in [1.82, 2.24) is 20.3 Å². The number of hydrogen-bond acceptors (Lipinski definition) is 9. The summed E-state index contributed by atoms with van der Waals surface area (Å²) >= 11 is 2.77. The van der Waals surface area contributed by atoms with E-state index >= 15 is 0 Å². The fourth-order valence-electron chi connectivity index (χ4n) is 2.68. The average molecular weight is 495 g/mol. The molecule has 32 heavy (non-hydrogen) atoms. The van der Waals surface area contributed by atoms with Gasteiger partial charge in [0, 0.05) is 38.8 Å². The number of hydroxylamine groups is 1. The standard InChI is InChI=1S/C20H22N4O5S3/c1-20(2,30-13-14-9-12-29-23-14)18(19(25)22-26)24-32(27,28)17-5-3-15(4-6-17)31-16-7-10-21-11-8-16/h3-12,18,24,26H,13H2,1-2H3,(H,22,25). The van der Waals surface area contributed by atoms with Gasteiger partial charge in [-0.25, -0.2) is 13.9 Å². The van der Waals surface area contributed by atoms with E-state index in [1.807, 2.05) is 12.1 Å². The van der Waals surface area contributed by atoms with Crippen LogP contribution in [0, 0.1) is 0 Å². The summed E-state index contributed by atoms with van der Waals surface area (Å²) in [4.78, 5) is 18.1. The Labute approximate surface area is 194 Å². The summed E-state index contributed by atoms with van der Waals surface area (Å²) in [7, 11) is -4.05. The lowest BCUT2D eigenvalue weighted by atomic mass is 10.0. The third kappa shape index (κ3) is 6.33. The summed E-state index contributed by atoms with van der Waals surface area (Å²) < 4.78 is 32.3. The predicted molar refractivity (Wildman–Crippen MR) is 121 cm³/mol. The van der Waals surface area contributed by atoms with E-state index < -0.39 is 26.7 Å². The van der Waals surface area contributed by atoms with E-state index in [0.29, 0.717) is 11.4 Å². The second-order valence-corrected chi connectivity index (χ2v) is 11.7.